The van der Waals surface area contributed by atoms with Gasteiger partial charge in [0.05, 0.1) is 13.2 Å². The monoisotopic (exact) mass is 409 g/mol. The molecule has 30 heavy (non-hydrogen) atoms. The summed E-state index contributed by atoms with van der Waals surface area (Å²) in [4.78, 5) is 28.0. The Bertz CT molecular complexity index is 1020. The van der Waals surface area contributed by atoms with Crippen molar-refractivity contribution >= 4 is 11.7 Å². The molecule has 8 nitrogen and oxygen atoms in total. The fraction of sp³-hybridized carbons (Fsp3) is 0.273. The molecule has 1 atom stereocenters. The SMILES string of the molecule is CC[C@H](NC(=O)c1cc(COc2ccc(C(C)=O)cc2OC)on1)c1ccncc1. The number of methoxy groups -OCH3 is 1. The fourth-order valence-electron chi connectivity index (χ4n) is 2.89. The van der Waals surface area contributed by atoms with Crippen LogP contribution in [0, 0.1) is 0 Å². The fourth-order valence-corrected chi connectivity index (χ4v) is 2.89. The molecular formula is C22H23N3O5. The third-order valence-corrected chi connectivity index (χ3v) is 4.55. The number of aromatic nitrogens is 2. The lowest BCUT2D eigenvalue weighted by Crippen LogP contribution is -2.28. The summed E-state index contributed by atoms with van der Waals surface area (Å²) in [5, 5.41) is 6.77. The van der Waals surface area contributed by atoms with Crippen molar-refractivity contribution in [2.45, 2.75) is 32.9 Å². The maximum absolute atomic E-state index is 12.5. The number of carbonyl (C=O) groups is 2. The highest BCUT2D eigenvalue weighted by atomic mass is 16.5. The first-order valence-electron chi connectivity index (χ1n) is 9.50. The summed E-state index contributed by atoms with van der Waals surface area (Å²) in [6.07, 6.45) is 4.10. The van der Waals surface area contributed by atoms with Gasteiger partial charge >= 0.3 is 0 Å². The van der Waals surface area contributed by atoms with Crippen molar-refractivity contribution in [3.63, 3.8) is 0 Å². The molecule has 0 saturated carbocycles. The van der Waals surface area contributed by atoms with Crippen LogP contribution in [-0.2, 0) is 6.61 Å². The summed E-state index contributed by atoms with van der Waals surface area (Å²) in [7, 11) is 1.50. The molecule has 0 spiro atoms. The Balaban J connectivity index is 1.64. The van der Waals surface area contributed by atoms with Gasteiger partial charge in [-0.1, -0.05) is 12.1 Å². The average molecular weight is 409 g/mol. The van der Waals surface area contributed by atoms with Crippen molar-refractivity contribution in [2.24, 2.45) is 0 Å². The Morgan fingerprint density at radius 2 is 1.90 bits per heavy atom. The second-order valence-electron chi connectivity index (χ2n) is 6.60. The highest BCUT2D eigenvalue weighted by Crippen LogP contribution is 2.29. The van der Waals surface area contributed by atoms with Crippen LogP contribution in [0.5, 0.6) is 11.5 Å². The summed E-state index contributed by atoms with van der Waals surface area (Å²) < 4.78 is 16.2. The summed E-state index contributed by atoms with van der Waals surface area (Å²) in [6, 6.07) is 10.0. The first-order valence-corrected chi connectivity index (χ1v) is 9.50. The molecule has 0 aliphatic carbocycles. The summed E-state index contributed by atoms with van der Waals surface area (Å²) in [5.74, 6) is 0.867. The van der Waals surface area contributed by atoms with E-state index < -0.39 is 0 Å². The zero-order chi connectivity index (χ0) is 21.5. The highest BCUT2D eigenvalue weighted by Gasteiger charge is 2.18. The number of ether oxygens (including phenoxy) is 2. The van der Waals surface area contributed by atoms with Crippen LogP contribution in [0.15, 0.2) is 53.3 Å². The Labute approximate surface area is 174 Å². The van der Waals surface area contributed by atoms with E-state index in [0.29, 0.717) is 22.8 Å². The zero-order valence-electron chi connectivity index (χ0n) is 17.0. The molecule has 0 aliphatic rings. The van der Waals surface area contributed by atoms with E-state index >= 15 is 0 Å². The number of pyridine rings is 1. The average Bonchev–Trinajstić information content (AvgIpc) is 3.25. The minimum absolute atomic E-state index is 0.0532. The molecule has 8 heteroatoms. The predicted molar refractivity (Wildman–Crippen MR) is 109 cm³/mol. The van der Waals surface area contributed by atoms with Crippen molar-refractivity contribution in [1.82, 2.24) is 15.5 Å². The lowest BCUT2D eigenvalue weighted by atomic mass is 10.1. The Kier molecular flexibility index (Phi) is 6.79. The number of carbonyl (C=O) groups excluding carboxylic acids is 2. The van der Waals surface area contributed by atoms with Crippen LogP contribution in [0.4, 0.5) is 0 Å². The molecule has 0 aliphatic heterocycles. The summed E-state index contributed by atoms with van der Waals surface area (Å²) in [6.45, 7) is 3.52. The molecule has 156 valence electrons. The maximum Gasteiger partial charge on any atom is 0.273 e. The maximum atomic E-state index is 12.5. The van der Waals surface area contributed by atoms with Crippen molar-refractivity contribution < 1.29 is 23.6 Å². The van der Waals surface area contributed by atoms with Gasteiger partial charge in [0, 0.05) is 24.0 Å². The van der Waals surface area contributed by atoms with E-state index in [1.54, 1.807) is 30.6 Å². The minimum atomic E-state index is -0.336. The lowest BCUT2D eigenvalue weighted by molar-refractivity contribution is 0.0925. The number of hydrogen-bond donors (Lipinski definition) is 1. The quantitative estimate of drug-likeness (QED) is 0.537. The first kappa shape index (κ1) is 21.0. The second kappa shape index (κ2) is 9.69. The van der Waals surface area contributed by atoms with Crippen LogP contribution in [0.2, 0.25) is 0 Å². The van der Waals surface area contributed by atoms with E-state index in [1.165, 1.54) is 20.1 Å². The van der Waals surface area contributed by atoms with Crippen LogP contribution in [0.25, 0.3) is 0 Å². The van der Waals surface area contributed by atoms with Gasteiger partial charge in [0.2, 0.25) is 0 Å². The molecule has 0 bridgehead atoms. The van der Waals surface area contributed by atoms with Gasteiger partial charge in [0.25, 0.3) is 5.91 Å². The van der Waals surface area contributed by atoms with Crippen molar-refractivity contribution in [1.29, 1.82) is 0 Å². The highest BCUT2D eigenvalue weighted by molar-refractivity contribution is 5.94. The number of hydrogen-bond acceptors (Lipinski definition) is 7. The molecule has 3 aromatic rings. The van der Waals surface area contributed by atoms with E-state index in [-0.39, 0.29) is 30.0 Å². The number of nitrogens with zero attached hydrogens (tertiary/aromatic N) is 2. The van der Waals surface area contributed by atoms with E-state index in [9.17, 15) is 9.59 Å². The Hall–Kier alpha value is -3.68. The van der Waals surface area contributed by atoms with E-state index in [4.69, 9.17) is 14.0 Å². The zero-order valence-corrected chi connectivity index (χ0v) is 17.0. The van der Waals surface area contributed by atoms with E-state index in [1.807, 2.05) is 19.1 Å². The van der Waals surface area contributed by atoms with Crippen LogP contribution >= 0.6 is 0 Å². The van der Waals surface area contributed by atoms with Crippen LogP contribution in [0.3, 0.4) is 0 Å². The molecule has 3 rings (SSSR count). The van der Waals surface area contributed by atoms with Gasteiger partial charge in [-0.15, -0.1) is 0 Å². The molecule has 0 unspecified atom stereocenters. The number of benzene rings is 1. The largest absolute Gasteiger partial charge is 0.493 e. The normalized spacial score (nSPS) is 11.6. The lowest BCUT2D eigenvalue weighted by Gasteiger charge is -2.16. The predicted octanol–water partition coefficient (Wildman–Crippen LogP) is 3.74. The molecule has 2 heterocycles. The molecular weight excluding hydrogens is 386 g/mol. The van der Waals surface area contributed by atoms with Gasteiger partial charge in [-0.2, -0.15) is 0 Å². The number of nitrogens with one attached hydrogen (secondary N) is 1. The van der Waals surface area contributed by atoms with Gasteiger partial charge < -0.3 is 19.3 Å². The van der Waals surface area contributed by atoms with Crippen molar-refractivity contribution in [3.8, 4) is 11.5 Å². The number of Topliss-reactive ketones (excluding diaryl/α,β-unsaturated/α-hetero) is 1. The van der Waals surface area contributed by atoms with Crippen LogP contribution < -0.4 is 14.8 Å². The first-order chi connectivity index (χ1) is 14.5. The number of amides is 1. The van der Waals surface area contributed by atoms with Gasteiger partial charge in [-0.05, 0) is 49.2 Å². The molecule has 0 radical (unpaired) electrons. The molecule has 0 fully saturated rings. The summed E-state index contributed by atoms with van der Waals surface area (Å²) >= 11 is 0. The third kappa shape index (κ3) is 5.02. The van der Waals surface area contributed by atoms with Crippen molar-refractivity contribution in [3.05, 3.63) is 71.4 Å². The molecule has 1 amide bonds. The summed E-state index contributed by atoms with van der Waals surface area (Å²) in [5.41, 5.74) is 1.66. The standard InChI is InChI=1S/C22H23N3O5/c1-4-18(15-7-9-23-10-8-15)24-22(27)19-12-17(30-25-19)13-29-20-6-5-16(14(2)26)11-21(20)28-3/h5-12,18H,4,13H2,1-3H3,(H,24,27)/t18-/m0/s1. The molecule has 2 aromatic heterocycles. The Morgan fingerprint density at radius 1 is 1.13 bits per heavy atom. The van der Waals surface area contributed by atoms with Crippen LogP contribution in [-0.4, -0.2) is 28.9 Å². The van der Waals surface area contributed by atoms with Gasteiger partial charge in [0.1, 0.15) is 6.61 Å². The van der Waals surface area contributed by atoms with Gasteiger partial charge in [-0.3, -0.25) is 14.6 Å². The number of ketones is 1. The Morgan fingerprint density at radius 3 is 2.57 bits per heavy atom. The minimum Gasteiger partial charge on any atom is -0.493 e. The molecule has 1 aromatic carbocycles. The smallest absolute Gasteiger partial charge is 0.273 e. The topological polar surface area (TPSA) is 104 Å². The molecule has 0 saturated heterocycles. The van der Waals surface area contributed by atoms with Crippen LogP contribution in [0.1, 0.15) is 58.5 Å². The molecule has 1 N–H and O–H groups in total. The van der Waals surface area contributed by atoms with E-state index in [0.717, 1.165) is 12.0 Å². The van der Waals surface area contributed by atoms with Gasteiger partial charge in [0.15, 0.2) is 28.7 Å². The number of rotatable bonds is 9. The van der Waals surface area contributed by atoms with Crippen molar-refractivity contribution in [2.75, 3.05) is 7.11 Å². The van der Waals surface area contributed by atoms with Gasteiger partial charge in [-0.25, -0.2) is 0 Å². The van der Waals surface area contributed by atoms with E-state index in [2.05, 4.69) is 15.5 Å². The third-order valence-electron chi connectivity index (χ3n) is 4.55. The second-order valence-corrected chi connectivity index (χ2v) is 6.60.